The molecule has 2 aromatic rings. The summed E-state index contributed by atoms with van der Waals surface area (Å²) in [4.78, 5) is 23.7. The predicted octanol–water partition coefficient (Wildman–Crippen LogP) is 3.05. The van der Waals surface area contributed by atoms with Crippen molar-refractivity contribution in [3.63, 3.8) is 0 Å². The van der Waals surface area contributed by atoms with Gasteiger partial charge in [0.25, 0.3) is 11.6 Å². The average Bonchev–Trinajstić information content (AvgIpc) is 3.15. The van der Waals surface area contributed by atoms with Gasteiger partial charge in [0.05, 0.1) is 17.1 Å². The van der Waals surface area contributed by atoms with Crippen molar-refractivity contribution in [2.75, 3.05) is 32.4 Å². The van der Waals surface area contributed by atoms with E-state index in [2.05, 4.69) is 10.6 Å². The number of nitro groups is 1. The molecule has 0 spiro atoms. The Morgan fingerprint density at radius 2 is 1.97 bits per heavy atom. The molecule has 1 heterocycles. The summed E-state index contributed by atoms with van der Waals surface area (Å²) in [7, 11) is 1.55. The van der Waals surface area contributed by atoms with Crippen molar-refractivity contribution in [2.24, 2.45) is 0 Å². The zero-order valence-corrected chi connectivity index (χ0v) is 16.5. The van der Waals surface area contributed by atoms with Gasteiger partial charge < -0.3 is 24.8 Å². The predicted molar refractivity (Wildman–Crippen MR) is 107 cm³/mol. The molecule has 0 atom stereocenters. The first-order valence-corrected chi connectivity index (χ1v) is 9.06. The summed E-state index contributed by atoms with van der Waals surface area (Å²) in [6, 6.07) is 9.79. The monoisotopic (exact) mass is 401 g/mol. The Morgan fingerprint density at radius 3 is 2.69 bits per heavy atom. The Kier molecular flexibility index (Phi) is 5.88. The normalized spacial score (nSPS) is 12.5. The third kappa shape index (κ3) is 4.57. The molecule has 0 saturated carbocycles. The molecule has 9 heteroatoms. The maximum atomic E-state index is 12.8. The van der Waals surface area contributed by atoms with E-state index in [9.17, 15) is 14.9 Å². The van der Waals surface area contributed by atoms with Crippen molar-refractivity contribution in [1.29, 1.82) is 0 Å². The number of nitro benzene ring substituents is 1. The minimum absolute atomic E-state index is 0.167. The Bertz CT molecular complexity index is 928. The van der Waals surface area contributed by atoms with Gasteiger partial charge in [-0.2, -0.15) is 0 Å². The molecule has 0 fully saturated rings. The topological polar surface area (TPSA) is 112 Å². The van der Waals surface area contributed by atoms with Crippen molar-refractivity contribution in [1.82, 2.24) is 5.32 Å². The molecule has 154 valence electrons. The minimum atomic E-state index is -0.734. The molecule has 29 heavy (non-hydrogen) atoms. The number of hydrogen-bond acceptors (Lipinski definition) is 7. The lowest BCUT2D eigenvalue weighted by Crippen LogP contribution is -2.41. The Hall–Kier alpha value is -3.33. The van der Waals surface area contributed by atoms with Crippen LogP contribution in [0.2, 0.25) is 0 Å². The SMILES string of the molecule is COCCNc1ccc(C(=O)NC(C)(C)c2ccc3c(c2)OCO3)cc1[N+](=O)[O-]. The van der Waals surface area contributed by atoms with Crippen LogP contribution in [0.3, 0.4) is 0 Å². The van der Waals surface area contributed by atoms with E-state index >= 15 is 0 Å². The number of benzene rings is 2. The molecule has 1 amide bonds. The van der Waals surface area contributed by atoms with Crippen molar-refractivity contribution in [3.8, 4) is 11.5 Å². The van der Waals surface area contributed by atoms with Gasteiger partial charge in [-0.1, -0.05) is 6.07 Å². The molecule has 0 bridgehead atoms. The van der Waals surface area contributed by atoms with Crippen LogP contribution < -0.4 is 20.1 Å². The van der Waals surface area contributed by atoms with E-state index in [1.54, 1.807) is 19.2 Å². The van der Waals surface area contributed by atoms with E-state index in [0.29, 0.717) is 30.3 Å². The van der Waals surface area contributed by atoms with Crippen molar-refractivity contribution < 1.29 is 23.9 Å². The lowest BCUT2D eigenvalue weighted by molar-refractivity contribution is -0.384. The van der Waals surface area contributed by atoms with Crippen LogP contribution in [0.5, 0.6) is 11.5 Å². The number of carbonyl (C=O) groups excluding carboxylic acids is 1. The van der Waals surface area contributed by atoms with Gasteiger partial charge in [-0.25, -0.2) is 0 Å². The highest BCUT2D eigenvalue weighted by Gasteiger charge is 2.27. The van der Waals surface area contributed by atoms with Crippen LogP contribution in [0, 0.1) is 10.1 Å². The fourth-order valence-electron chi connectivity index (χ4n) is 2.97. The van der Waals surface area contributed by atoms with Crippen molar-refractivity contribution >= 4 is 17.3 Å². The summed E-state index contributed by atoms with van der Waals surface area (Å²) in [6.07, 6.45) is 0. The van der Waals surface area contributed by atoms with E-state index in [1.807, 2.05) is 26.0 Å². The van der Waals surface area contributed by atoms with Crippen LogP contribution in [0.1, 0.15) is 29.8 Å². The fourth-order valence-corrected chi connectivity index (χ4v) is 2.97. The Balaban J connectivity index is 1.78. The van der Waals surface area contributed by atoms with Crippen LogP contribution in [-0.4, -0.2) is 37.9 Å². The second-order valence-electron chi connectivity index (χ2n) is 7.06. The van der Waals surface area contributed by atoms with E-state index in [1.165, 1.54) is 12.1 Å². The highest BCUT2D eigenvalue weighted by atomic mass is 16.7. The number of anilines is 1. The zero-order chi connectivity index (χ0) is 21.0. The van der Waals surface area contributed by atoms with Gasteiger partial charge in [-0.3, -0.25) is 14.9 Å². The summed E-state index contributed by atoms with van der Waals surface area (Å²) in [5, 5.41) is 17.3. The molecule has 0 radical (unpaired) electrons. The average molecular weight is 401 g/mol. The zero-order valence-electron chi connectivity index (χ0n) is 16.5. The molecule has 3 rings (SSSR count). The third-order valence-corrected chi connectivity index (χ3v) is 4.60. The van der Waals surface area contributed by atoms with Gasteiger partial charge in [0.15, 0.2) is 11.5 Å². The van der Waals surface area contributed by atoms with Gasteiger partial charge >= 0.3 is 0 Å². The second-order valence-corrected chi connectivity index (χ2v) is 7.06. The molecule has 2 aromatic carbocycles. The molecule has 2 N–H and O–H groups in total. The molecular weight excluding hydrogens is 378 g/mol. The quantitative estimate of drug-likeness (QED) is 0.397. The third-order valence-electron chi connectivity index (χ3n) is 4.60. The smallest absolute Gasteiger partial charge is 0.293 e. The van der Waals surface area contributed by atoms with Crippen molar-refractivity contribution in [2.45, 2.75) is 19.4 Å². The number of fused-ring (bicyclic) bond motifs is 1. The highest BCUT2D eigenvalue weighted by Crippen LogP contribution is 2.35. The fraction of sp³-hybridized carbons (Fsp3) is 0.350. The van der Waals surface area contributed by atoms with Crippen LogP contribution in [0.4, 0.5) is 11.4 Å². The van der Waals surface area contributed by atoms with Gasteiger partial charge in [-0.05, 0) is 43.7 Å². The molecule has 1 aliphatic rings. The number of amides is 1. The Morgan fingerprint density at radius 1 is 1.21 bits per heavy atom. The van der Waals surface area contributed by atoms with E-state index < -0.39 is 16.4 Å². The summed E-state index contributed by atoms with van der Waals surface area (Å²) in [5.74, 6) is 0.856. The molecule has 0 aliphatic carbocycles. The summed E-state index contributed by atoms with van der Waals surface area (Å²) in [6.45, 7) is 4.68. The number of methoxy groups -OCH3 is 1. The lowest BCUT2D eigenvalue weighted by atomic mass is 9.93. The first-order valence-electron chi connectivity index (χ1n) is 9.06. The molecule has 0 unspecified atom stereocenters. The van der Waals surface area contributed by atoms with Crippen LogP contribution in [0.15, 0.2) is 36.4 Å². The molecule has 1 aliphatic heterocycles. The first-order chi connectivity index (χ1) is 13.8. The molecular formula is C20H23N3O6. The molecule has 0 saturated heterocycles. The van der Waals surface area contributed by atoms with Gasteiger partial charge in [-0.15, -0.1) is 0 Å². The number of rotatable bonds is 8. The Labute approximate surface area is 168 Å². The number of ether oxygens (including phenoxy) is 3. The summed E-state index contributed by atoms with van der Waals surface area (Å²) in [5.41, 5.74) is 0.445. The maximum Gasteiger partial charge on any atom is 0.293 e. The number of nitrogens with zero attached hydrogens (tertiary/aromatic N) is 1. The van der Waals surface area contributed by atoms with Crippen LogP contribution >= 0.6 is 0 Å². The van der Waals surface area contributed by atoms with Gasteiger partial charge in [0, 0.05) is 25.3 Å². The number of carbonyl (C=O) groups is 1. The van der Waals surface area contributed by atoms with Crippen LogP contribution in [-0.2, 0) is 10.3 Å². The van der Waals surface area contributed by atoms with Crippen LogP contribution in [0.25, 0.3) is 0 Å². The second kappa shape index (κ2) is 8.36. The largest absolute Gasteiger partial charge is 0.454 e. The number of hydrogen-bond donors (Lipinski definition) is 2. The number of nitrogens with one attached hydrogen (secondary N) is 2. The van der Waals surface area contributed by atoms with Crippen molar-refractivity contribution in [3.05, 3.63) is 57.6 Å². The van der Waals surface area contributed by atoms with Gasteiger partial charge in [0.2, 0.25) is 6.79 Å². The molecule has 9 nitrogen and oxygen atoms in total. The highest BCUT2D eigenvalue weighted by molar-refractivity contribution is 5.96. The van der Waals surface area contributed by atoms with E-state index in [0.717, 1.165) is 5.56 Å². The summed E-state index contributed by atoms with van der Waals surface area (Å²) < 4.78 is 15.6. The van der Waals surface area contributed by atoms with E-state index in [4.69, 9.17) is 14.2 Å². The first kappa shape index (κ1) is 20.4. The lowest BCUT2D eigenvalue weighted by Gasteiger charge is -2.27. The molecule has 0 aromatic heterocycles. The maximum absolute atomic E-state index is 12.8. The van der Waals surface area contributed by atoms with Gasteiger partial charge in [0.1, 0.15) is 5.69 Å². The minimum Gasteiger partial charge on any atom is -0.454 e. The standard InChI is InChI=1S/C20H23N3O6/c1-20(2,14-5-7-17-18(11-14)29-12-28-17)22-19(24)13-4-6-15(21-8-9-27-3)16(10-13)23(25)26/h4-7,10-11,21H,8-9,12H2,1-3H3,(H,22,24). The summed E-state index contributed by atoms with van der Waals surface area (Å²) >= 11 is 0. The van der Waals surface area contributed by atoms with E-state index in [-0.39, 0.29) is 18.0 Å².